The van der Waals surface area contributed by atoms with E-state index in [1.54, 1.807) is 0 Å². The maximum Gasteiger partial charge on any atom is 0.320 e. The number of aromatic amines is 1. The third kappa shape index (κ3) is 5.48. The molecule has 0 bridgehead atoms. The summed E-state index contributed by atoms with van der Waals surface area (Å²) >= 11 is 0. The van der Waals surface area contributed by atoms with Gasteiger partial charge in [0.25, 0.3) is 0 Å². The zero-order chi connectivity index (χ0) is 24.0. The first-order valence-electron chi connectivity index (χ1n) is 12.4. The van der Waals surface area contributed by atoms with Crippen LogP contribution in [0.5, 0.6) is 5.75 Å². The molecule has 0 atom stereocenters. The minimum absolute atomic E-state index is 0.140. The average Bonchev–Trinajstić information content (AvgIpc) is 3.15. The van der Waals surface area contributed by atoms with Gasteiger partial charge in [-0.05, 0) is 61.6 Å². The van der Waals surface area contributed by atoms with Gasteiger partial charge in [-0.25, -0.2) is 9.78 Å². The summed E-state index contributed by atoms with van der Waals surface area (Å²) in [4.78, 5) is 24.7. The molecule has 1 fully saturated rings. The van der Waals surface area contributed by atoms with Gasteiger partial charge in [-0.15, -0.1) is 0 Å². The standard InChI is InChI=1S/C23H26N4O2.C6H6/c1-16-24-20-7-5-18(14-21(20)25-16)17-6-8-22-19(13-17)15-27(11-12-29-22)23(28)26-9-3-2-4-10-26;1-2-4-6-5-3-1/h5-8,13-14H,2-4,9-12,15H2,1H3,(H,24,25);1-6H. The number of ether oxygens (including phenoxy) is 1. The quantitative estimate of drug-likeness (QED) is 0.371. The number of rotatable bonds is 1. The molecule has 0 aliphatic carbocycles. The number of likely N-dealkylation sites (tertiary alicyclic amines) is 1. The first-order chi connectivity index (χ1) is 17.2. The number of hydrogen-bond acceptors (Lipinski definition) is 3. The Kier molecular flexibility index (Phi) is 6.98. The smallest absolute Gasteiger partial charge is 0.320 e. The molecule has 1 aromatic heterocycles. The summed E-state index contributed by atoms with van der Waals surface area (Å²) in [6.45, 7) is 5.45. The van der Waals surface area contributed by atoms with Crippen molar-refractivity contribution in [3.05, 3.63) is 84.2 Å². The van der Waals surface area contributed by atoms with Gasteiger partial charge < -0.3 is 19.5 Å². The second kappa shape index (κ2) is 10.6. The van der Waals surface area contributed by atoms with E-state index in [0.717, 1.165) is 65.2 Å². The second-order valence-electron chi connectivity index (χ2n) is 9.13. The third-order valence-corrected chi connectivity index (χ3v) is 6.54. The number of urea groups is 1. The van der Waals surface area contributed by atoms with Gasteiger partial charge in [-0.1, -0.05) is 48.5 Å². The van der Waals surface area contributed by atoms with Gasteiger partial charge in [0.1, 0.15) is 18.2 Å². The van der Waals surface area contributed by atoms with E-state index in [0.29, 0.717) is 19.7 Å². The molecule has 2 amide bonds. The van der Waals surface area contributed by atoms with E-state index in [1.807, 2.05) is 65.3 Å². The SMILES string of the molecule is Cc1nc2ccc(-c3ccc4c(c3)CN(C(=O)N3CCCCC3)CCO4)cc2[nH]1.c1ccccc1. The lowest BCUT2D eigenvalue weighted by Crippen LogP contribution is -2.45. The van der Waals surface area contributed by atoms with Crippen LogP contribution in [0.25, 0.3) is 22.2 Å². The summed E-state index contributed by atoms with van der Waals surface area (Å²) in [5, 5.41) is 0. The molecule has 35 heavy (non-hydrogen) atoms. The Labute approximate surface area is 206 Å². The monoisotopic (exact) mass is 468 g/mol. The Morgan fingerprint density at radius 1 is 0.857 bits per heavy atom. The first kappa shape index (κ1) is 23.0. The number of hydrogen-bond donors (Lipinski definition) is 1. The number of amides is 2. The van der Waals surface area contributed by atoms with Crippen LogP contribution in [-0.4, -0.2) is 52.0 Å². The van der Waals surface area contributed by atoms with Crippen molar-refractivity contribution in [3.63, 3.8) is 0 Å². The van der Waals surface area contributed by atoms with Crippen molar-refractivity contribution in [3.8, 4) is 16.9 Å². The molecule has 1 N–H and O–H groups in total. The minimum Gasteiger partial charge on any atom is -0.491 e. The number of piperidine rings is 1. The highest BCUT2D eigenvalue weighted by Gasteiger charge is 2.25. The van der Waals surface area contributed by atoms with E-state index < -0.39 is 0 Å². The van der Waals surface area contributed by atoms with Crippen LogP contribution in [0, 0.1) is 6.92 Å². The molecule has 2 aliphatic rings. The van der Waals surface area contributed by atoms with Crippen molar-refractivity contribution >= 4 is 17.1 Å². The van der Waals surface area contributed by atoms with E-state index >= 15 is 0 Å². The molecule has 0 saturated carbocycles. The average molecular weight is 469 g/mol. The molecule has 1 saturated heterocycles. The fourth-order valence-corrected chi connectivity index (χ4v) is 4.72. The number of benzene rings is 3. The topological polar surface area (TPSA) is 61.5 Å². The van der Waals surface area contributed by atoms with E-state index in [4.69, 9.17) is 4.74 Å². The number of fused-ring (bicyclic) bond motifs is 2. The molecular weight excluding hydrogens is 436 g/mol. The number of imidazole rings is 1. The van der Waals surface area contributed by atoms with Crippen molar-refractivity contribution in [1.29, 1.82) is 0 Å². The maximum atomic E-state index is 13.0. The largest absolute Gasteiger partial charge is 0.491 e. The van der Waals surface area contributed by atoms with Gasteiger partial charge in [-0.3, -0.25) is 0 Å². The Bertz CT molecular complexity index is 1250. The highest BCUT2D eigenvalue weighted by Crippen LogP contribution is 2.31. The molecule has 0 spiro atoms. The van der Waals surface area contributed by atoms with Crippen molar-refractivity contribution in [2.45, 2.75) is 32.7 Å². The van der Waals surface area contributed by atoms with Gasteiger partial charge in [0.2, 0.25) is 0 Å². The molecule has 2 aliphatic heterocycles. The van der Waals surface area contributed by atoms with E-state index in [9.17, 15) is 4.79 Å². The number of aromatic nitrogens is 2. The minimum atomic E-state index is 0.140. The molecule has 6 rings (SSSR count). The highest BCUT2D eigenvalue weighted by atomic mass is 16.5. The third-order valence-electron chi connectivity index (χ3n) is 6.54. The van der Waals surface area contributed by atoms with Gasteiger partial charge in [0.15, 0.2) is 0 Å². The van der Waals surface area contributed by atoms with Crippen molar-refractivity contribution in [2.75, 3.05) is 26.2 Å². The summed E-state index contributed by atoms with van der Waals surface area (Å²) in [7, 11) is 0. The van der Waals surface area contributed by atoms with Crippen LogP contribution in [0.15, 0.2) is 72.8 Å². The number of carbonyl (C=O) groups excluding carboxylic acids is 1. The van der Waals surface area contributed by atoms with Gasteiger partial charge in [0.05, 0.1) is 24.1 Å². The lowest BCUT2D eigenvalue weighted by Gasteiger charge is -2.32. The van der Waals surface area contributed by atoms with E-state index in [1.165, 1.54) is 6.42 Å². The van der Waals surface area contributed by atoms with Gasteiger partial charge >= 0.3 is 6.03 Å². The maximum absolute atomic E-state index is 13.0. The van der Waals surface area contributed by atoms with Crippen LogP contribution in [0.3, 0.4) is 0 Å². The van der Waals surface area contributed by atoms with Crippen LogP contribution >= 0.6 is 0 Å². The predicted octanol–water partition coefficient (Wildman–Crippen LogP) is 6.03. The van der Waals surface area contributed by atoms with E-state index in [-0.39, 0.29) is 6.03 Å². The summed E-state index contributed by atoms with van der Waals surface area (Å²) in [6, 6.07) is 24.7. The number of aryl methyl sites for hydroxylation is 1. The molecule has 6 heteroatoms. The molecule has 0 radical (unpaired) electrons. The number of carbonyl (C=O) groups is 1. The molecule has 0 unspecified atom stereocenters. The molecule has 4 aromatic rings. The van der Waals surface area contributed by atoms with Crippen LogP contribution in [-0.2, 0) is 6.54 Å². The lowest BCUT2D eigenvalue weighted by atomic mass is 10.0. The lowest BCUT2D eigenvalue weighted by molar-refractivity contribution is 0.137. The van der Waals surface area contributed by atoms with Crippen LogP contribution < -0.4 is 4.74 Å². The zero-order valence-corrected chi connectivity index (χ0v) is 20.2. The zero-order valence-electron chi connectivity index (χ0n) is 20.2. The summed E-state index contributed by atoms with van der Waals surface area (Å²) < 4.78 is 5.95. The van der Waals surface area contributed by atoms with Crippen molar-refractivity contribution in [2.24, 2.45) is 0 Å². The normalized spacial score (nSPS) is 15.5. The predicted molar refractivity (Wildman–Crippen MR) is 139 cm³/mol. The molecule has 180 valence electrons. The second-order valence-corrected chi connectivity index (χ2v) is 9.13. The van der Waals surface area contributed by atoms with E-state index in [2.05, 4.69) is 34.2 Å². The van der Waals surface area contributed by atoms with Crippen molar-refractivity contribution in [1.82, 2.24) is 19.8 Å². The Morgan fingerprint density at radius 2 is 1.54 bits per heavy atom. The van der Waals surface area contributed by atoms with Gasteiger partial charge in [-0.2, -0.15) is 0 Å². The number of nitrogens with one attached hydrogen (secondary N) is 1. The number of nitrogens with zero attached hydrogens (tertiary/aromatic N) is 3. The fourth-order valence-electron chi connectivity index (χ4n) is 4.72. The Hall–Kier alpha value is -3.80. The van der Waals surface area contributed by atoms with Crippen molar-refractivity contribution < 1.29 is 9.53 Å². The van der Waals surface area contributed by atoms with Crippen LogP contribution in [0.1, 0.15) is 30.7 Å². The highest BCUT2D eigenvalue weighted by molar-refractivity contribution is 5.82. The Morgan fingerprint density at radius 3 is 2.29 bits per heavy atom. The number of H-pyrrole nitrogens is 1. The summed E-state index contributed by atoms with van der Waals surface area (Å²) in [5.41, 5.74) is 5.32. The van der Waals surface area contributed by atoms with Gasteiger partial charge in [0, 0.05) is 18.7 Å². The van der Waals surface area contributed by atoms with Crippen LogP contribution in [0.2, 0.25) is 0 Å². The van der Waals surface area contributed by atoms with Crippen LogP contribution in [0.4, 0.5) is 4.79 Å². The Balaban J connectivity index is 0.000000371. The molecular formula is C29H32N4O2. The summed E-state index contributed by atoms with van der Waals surface area (Å²) in [6.07, 6.45) is 3.43. The fraction of sp³-hybridized carbons (Fsp3) is 0.310. The molecule has 3 aromatic carbocycles. The molecule has 3 heterocycles. The summed E-state index contributed by atoms with van der Waals surface area (Å²) in [5.74, 6) is 1.79. The molecule has 6 nitrogen and oxygen atoms in total. The first-order valence-corrected chi connectivity index (χ1v) is 12.4.